The van der Waals surface area contributed by atoms with Crippen molar-refractivity contribution in [3.8, 4) is 0 Å². The molecule has 2 N–H and O–H groups in total. The molecule has 0 radical (unpaired) electrons. The first-order valence-corrected chi connectivity index (χ1v) is 5.90. The molecule has 1 aliphatic heterocycles. The zero-order valence-corrected chi connectivity index (χ0v) is 10.6. The van der Waals surface area contributed by atoms with Gasteiger partial charge in [0, 0.05) is 12.1 Å². The fourth-order valence-electron chi connectivity index (χ4n) is 2.04. The molecule has 1 heterocycles. The molecule has 94 valence electrons. The summed E-state index contributed by atoms with van der Waals surface area (Å²) in [5.74, 6) is 0.805. The zero-order chi connectivity index (χ0) is 11.2. The van der Waals surface area contributed by atoms with Gasteiger partial charge in [0.15, 0.2) is 0 Å². The summed E-state index contributed by atoms with van der Waals surface area (Å²) < 4.78 is 0. The molecule has 1 aromatic rings. The standard InChI is InChI=1S/C13H18N2O.ClH/c16-13(7-6-11-8-9-14-10-11)15-12-4-2-1-3-5-12;/h1-5,11,14H,6-10H2,(H,15,16);1H. The predicted octanol–water partition coefficient (Wildman–Crippen LogP) is 2.44. The Hall–Kier alpha value is -1.06. The summed E-state index contributed by atoms with van der Waals surface area (Å²) in [6.45, 7) is 2.17. The van der Waals surface area contributed by atoms with Crippen LogP contribution in [0.2, 0.25) is 0 Å². The van der Waals surface area contributed by atoms with Crippen molar-refractivity contribution >= 4 is 24.0 Å². The topological polar surface area (TPSA) is 41.1 Å². The highest BCUT2D eigenvalue weighted by molar-refractivity contribution is 5.90. The summed E-state index contributed by atoms with van der Waals surface area (Å²) in [6.07, 6.45) is 2.82. The molecule has 1 aliphatic rings. The third-order valence-corrected chi connectivity index (χ3v) is 3.00. The first kappa shape index (κ1) is 14.0. The Morgan fingerprint density at radius 3 is 2.76 bits per heavy atom. The van der Waals surface area contributed by atoms with Crippen LogP contribution in [0, 0.1) is 5.92 Å². The van der Waals surface area contributed by atoms with Crippen molar-refractivity contribution < 1.29 is 4.79 Å². The summed E-state index contributed by atoms with van der Waals surface area (Å²) in [7, 11) is 0. The quantitative estimate of drug-likeness (QED) is 0.867. The van der Waals surface area contributed by atoms with Gasteiger partial charge < -0.3 is 10.6 Å². The average molecular weight is 255 g/mol. The van der Waals surface area contributed by atoms with E-state index in [1.54, 1.807) is 0 Å². The van der Waals surface area contributed by atoms with E-state index in [1.807, 2.05) is 30.3 Å². The van der Waals surface area contributed by atoms with E-state index in [1.165, 1.54) is 6.42 Å². The minimum absolute atomic E-state index is 0. The molecule has 0 aliphatic carbocycles. The molecule has 4 heteroatoms. The van der Waals surface area contributed by atoms with Gasteiger partial charge in [-0.2, -0.15) is 0 Å². The number of rotatable bonds is 4. The second-order valence-electron chi connectivity index (χ2n) is 4.31. The molecule has 0 aromatic heterocycles. The molecule has 0 saturated carbocycles. The maximum absolute atomic E-state index is 11.6. The number of hydrogen-bond acceptors (Lipinski definition) is 2. The van der Waals surface area contributed by atoms with E-state index >= 15 is 0 Å². The first-order chi connectivity index (χ1) is 7.84. The molecule has 2 rings (SSSR count). The van der Waals surface area contributed by atoms with Gasteiger partial charge in [0.25, 0.3) is 0 Å². The number of hydrogen-bond donors (Lipinski definition) is 2. The molecule has 1 unspecified atom stereocenters. The third-order valence-electron chi connectivity index (χ3n) is 3.00. The fraction of sp³-hybridized carbons (Fsp3) is 0.462. The summed E-state index contributed by atoms with van der Waals surface area (Å²) in [5.41, 5.74) is 0.886. The summed E-state index contributed by atoms with van der Waals surface area (Å²) in [4.78, 5) is 11.6. The van der Waals surface area contributed by atoms with Crippen LogP contribution >= 0.6 is 12.4 Å². The number of halogens is 1. The van der Waals surface area contributed by atoms with Crippen molar-refractivity contribution in [3.63, 3.8) is 0 Å². The van der Waals surface area contributed by atoms with Crippen LogP contribution in [0.4, 0.5) is 5.69 Å². The van der Waals surface area contributed by atoms with Gasteiger partial charge in [0.2, 0.25) is 5.91 Å². The van der Waals surface area contributed by atoms with Gasteiger partial charge in [-0.3, -0.25) is 4.79 Å². The normalized spacial score (nSPS) is 18.5. The lowest BCUT2D eigenvalue weighted by molar-refractivity contribution is -0.116. The molecule has 0 spiro atoms. The zero-order valence-electron chi connectivity index (χ0n) is 9.82. The van der Waals surface area contributed by atoms with Crippen LogP contribution in [0.3, 0.4) is 0 Å². The molecule has 1 fully saturated rings. The Bertz CT molecular complexity index is 337. The van der Waals surface area contributed by atoms with Gasteiger partial charge in [0.1, 0.15) is 0 Å². The Morgan fingerprint density at radius 1 is 1.35 bits per heavy atom. The van der Waals surface area contributed by atoms with Crippen molar-refractivity contribution in [2.24, 2.45) is 5.92 Å². The maximum Gasteiger partial charge on any atom is 0.224 e. The van der Waals surface area contributed by atoms with Crippen molar-refractivity contribution in [1.82, 2.24) is 5.32 Å². The number of carbonyl (C=O) groups is 1. The highest BCUT2D eigenvalue weighted by Gasteiger charge is 2.15. The number of benzene rings is 1. The molecule has 1 amide bonds. The fourth-order valence-corrected chi connectivity index (χ4v) is 2.04. The first-order valence-electron chi connectivity index (χ1n) is 5.90. The summed E-state index contributed by atoms with van der Waals surface area (Å²) >= 11 is 0. The van der Waals surface area contributed by atoms with Crippen LogP contribution < -0.4 is 10.6 Å². The van der Waals surface area contributed by atoms with Crippen molar-refractivity contribution in [3.05, 3.63) is 30.3 Å². The minimum atomic E-state index is 0. The second-order valence-corrected chi connectivity index (χ2v) is 4.31. The van der Waals surface area contributed by atoms with Crippen LogP contribution in [0.1, 0.15) is 19.3 Å². The number of carbonyl (C=O) groups excluding carboxylic acids is 1. The van der Waals surface area contributed by atoms with Gasteiger partial charge in [-0.15, -0.1) is 12.4 Å². The number of nitrogens with one attached hydrogen (secondary N) is 2. The van der Waals surface area contributed by atoms with E-state index in [9.17, 15) is 4.79 Å². The third kappa shape index (κ3) is 4.75. The lowest BCUT2D eigenvalue weighted by Gasteiger charge is -2.08. The van der Waals surface area contributed by atoms with E-state index in [-0.39, 0.29) is 18.3 Å². The van der Waals surface area contributed by atoms with E-state index < -0.39 is 0 Å². The molecular formula is C13H19ClN2O. The smallest absolute Gasteiger partial charge is 0.224 e. The van der Waals surface area contributed by atoms with Crippen LogP contribution in [-0.4, -0.2) is 19.0 Å². The summed E-state index contributed by atoms with van der Waals surface area (Å²) in [6, 6.07) is 9.62. The molecule has 1 aromatic carbocycles. The molecular weight excluding hydrogens is 236 g/mol. The summed E-state index contributed by atoms with van der Waals surface area (Å²) in [5, 5.41) is 6.22. The number of para-hydroxylation sites is 1. The van der Waals surface area contributed by atoms with Crippen molar-refractivity contribution in [2.75, 3.05) is 18.4 Å². The van der Waals surface area contributed by atoms with Crippen molar-refractivity contribution in [2.45, 2.75) is 19.3 Å². The Morgan fingerprint density at radius 2 is 2.12 bits per heavy atom. The lowest BCUT2D eigenvalue weighted by Crippen LogP contribution is -2.14. The second kappa shape index (κ2) is 7.30. The van der Waals surface area contributed by atoms with Gasteiger partial charge >= 0.3 is 0 Å². The monoisotopic (exact) mass is 254 g/mol. The van der Waals surface area contributed by atoms with Gasteiger partial charge in [-0.25, -0.2) is 0 Å². The Balaban J connectivity index is 0.00000144. The van der Waals surface area contributed by atoms with Crippen LogP contribution in [0.25, 0.3) is 0 Å². The van der Waals surface area contributed by atoms with E-state index in [4.69, 9.17) is 0 Å². The largest absolute Gasteiger partial charge is 0.326 e. The van der Waals surface area contributed by atoms with Crippen molar-refractivity contribution in [1.29, 1.82) is 0 Å². The van der Waals surface area contributed by atoms with E-state index in [0.717, 1.165) is 25.2 Å². The minimum Gasteiger partial charge on any atom is -0.326 e. The highest BCUT2D eigenvalue weighted by Crippen LogP contribution is 2.15. The van der Waals surface area contributed by atoms with E-state index in [2.05, 4.69) is 10.6 Å². The molecule has 0 bridgehead atoms. The Kier molecular flexibility index (Phi) is 6.01. The van der Waals surface area contributed by atoms with Gasteiger partial charge in [-0.1, -0.05) is 18.2 Å². The number of anilines is 1. The van der Waals surface area contributed by atoms with Gasteiger partial charge in [-0.05, 0) is 44.0 Å². The predicted molar refractivity (Wildman–Crippen MR) is 72.5 cm³/mol. The molecule has 17 heavy (non-hydrogen) atoms. The van der Waals surface area contributed by atoms with Crippen LogP contribution in [-0.2, 0) is 4.79 Å². The lowest BCUT2D eigenvalue weighted by atomic mass is 10.0. The van der Waals surface area contributed by atoms with Gasteiger partial charge in [0.05, 0.1) is 0 Å². The SMILES string of the molecule is Cl.O=C(CCC1CCNC1)Nc1ccccc1. The molecule has 3 nitrogen and oxygen atoms in total. The van der Waals surface area contributed by atoms with E-state index in [0.29, 0.717) is 12.3 Å². The molecule has 1 atom stereocenters. The highest BCUT2D eigenvalue weighted by atomic mass is 35.5. The number of amides is 1. The average Bonchev–Trinajstić information content (AvgIpc) is 2.81. The Labute approximate surface area is 108 Å². The molecule has 1 saturated heterocycles. The van der Waals surface area contributed by atoms with Crippen LogP contribution in [0.15, 0.2) is 30.3 Å². The maximum atomic E-state index is 11.6. The van der Waals surface area contributed by atoms with Crippen LogP contribution in [0.5, 0.6) is 0 Å².